The summed E-state index contributed by atoms with van der Waals surface area (Å²) in [5.41, 5.74) is 2.06. The smallest absolute Gasteiger partial charge is 0.196 e. The number of fused-ring (bicyclic) bond motifs is 2. The number of benzene rings is 2. The Morgan fingerprint density at radius 2 is 1.42 bits per heavy atom. The van der Waals surface area contributed by atoms with Crippen LogP contribution in [0, 0.1) is 0 Å². The van der Waals surface area contributed by atoms with Gasteiger partial charge in [0.05, 0.1) is 11.3 Å². The van der Waals surface area contributed by atoms with Gasteiger partial charge in [0.25, 0.3) is 0 Å². The molecule has 0 atom stereocenters. The Labute approximate surface area is 109 Å². The second-order valence-electron chi connectivity index (χ2n) is 4.20. The summed E-state index contributed by atoms with van der Waals surface area (Å²) in [6, 6.07) is 11.9. The quantitative estimate of drug-likeness (QED) is 0.623. The zero-order valence-electron chi connectivity index (χ0n) is 10.3. The summed E-state index contributed by atoms with van der Waals surface area (Å²) in [5, 5.41) is 7.62. The maximum Gasteiger partial charge on any atom is 0.196 e. The van der Waals surface area contributed by atoms with Crippen LogP contribution in [0.2, 0.25) is 0 Å². The van der Waals surface area contributed by atoms with Crippen LogP contribution in [-0.2, 0) is 0 Å². The molecule has 0 fully saturated rings. The van der Waals surface area contributed by atoms with Crippen LogP contribution in [0.1, 0.15) is 31.8 Å². The summed E-state index contributed by atoms with van der Waals surface area (Å²) in [5.74, 6) is -0.313. The predicted octanol–water partition coefficient (Wildman–Crippen LogP) is 3.18. The van der Waals surface area contributed by atoms with Crippen LogP contribution in [-0.4, -0.2) is 18.6 Å². The average Bonchev–Trinajstić information content (AvgIpc) is 2.45. The summed E-state index contributed by atoms with van der Waals surface area (Å²) in [7, 11) is 1.53. The van der Waals surface area contributed by atoms with E-state index in [0.717, 1.165) is 0 Å². The SMILES string of the molecule is C/N=N\c1cccc2c1C(=O)c1ccccc1C2=O. The Morgan fingerprint density at radius 3 is 2.11 bits per heavy atom. The molecule has 0 spiro atoms. The van der Waals surface area contributed by atoms with E-state index in [4.69, 9.17) is 0 Å². The third kappa shape index (κ3) is 1.61. The summed E-state index contributed by atoms with van der Waals surface area (Å²) in [6.45, 7) is 0. The van der Waals surface area contributed by atoms with E-state index in [1.165, 1.54) is 7.05 Å². The molecule has 1 aliphatic carbocycles. The number of azo groups is 1. The molecule has 0 amide bonds. The van der Waals surface area contributed by atoms with Gasteiger partial charge in [-0.25, -0.2) is 0 Å². The van der Waals surface area contributed by atoms with Crippen LogP contribution < -0.4 is 0 Å². The lowest BCUT2D eigenvalue weighted by atomic mass is 9.83. The number of hydrogen-bond acceptors (Lipinski definition) is 4. The molecule has 4 heteroatoms. The average molecular weight is 250 g/mol. The van der Waals surface area contributed by atoms with E-state index in [0.29, 0.717) is 27.9 Å². The molecular formula is C15H10N2O2. The van der Waals surface area contributed by atoms with Gasteiger partial charge in [0.2, 0.25) is 0 Å². The highest BCUT2D eigenvalue weighted by Crippen LogP contribution is 2.33. The maximum atomic E-state index is 12.5. The molecule has 0 heterocycles. The van der Waals surface area contributed by atoms with Crippen molar-refractivity contribution in [2.24, 2.45) is 10.2 Å². The molecule has 0 aliphatic heterocycles. The summed E-state index contributed by atoms with van der Waals surface area (Å²) < 4.78 is 0. The number of nitrogens with zero attached hydrogens (tertiary/aromatic N) is 2. The molecule has 3 rings (SSSR count). The molecule has 2 aromatic rings. The van der Waals surface area contributed by atoms with Crippen molar-refractivity contribution in [2.75, 3.05) is 7.05 Å². The van der Waals surface area contributed by atoms with Crippen LogP contribution in [0.25, 0.3) is 0 Å². The monoisotopic (exact) mass is 250 g/mol. The Bertz CT molecular complexity index is 733. The van der Waals surface area contributed by atoms with Gasteiger partial charge in [-0.3, -0.25) is 9.59 Å². The largest absolute Gasteiger partial charge is 0.289 e. The number of carbonyl (C=O) groups is 2. The highest BCUT2D eigenvalue weighted by Gasteiger charge is 2.31. The molecule has 2 aromatic carbocycles. The summed E-state index contributed by atoms with van der Waals surface area (Å²) in [6.07, 6.45) is 0. The highest BCUT2D eigenvalue weighted by molar-refractivity contribution is 6.29. The third-order valence-electron chi connectivity index (χ3n) is 3.14. The highest BCUT2D eigenvalue weighted by atomic mass is 16.1. The molecular weight excluding hydrogens is 240 g/mol. The second kappa shape index (κ2) is 4.24. The molecule has 0 saturated heterocycles. The molecule has 0 saturated carbocycles. The van der Waals surface area contributed by atoms with Crippen LogP contribution in [0.5, 0.6) is 0 Å². The van der Waals surface area contributed by atoms with Crippen molar-refractivity contribution in [1.29, 1.82) is 0 Å². The van der Waals surface area contributed by atoms with Crippen LogP contribution >= 0.6 is 0 Å². The van der Waals surface area contributed by atoms with Gasteiger partial charge in [0.15, 0.2) is 11.6 Å². The third-order valence-corrected chi connectivity index (χ3v) is 3.14. The van der Waals surface area contributed by atoms with Gasteiger partial charge in [-0.05, 0) is 6.07 Å². The van der Waals surface area contributed by atoms with Crippen LogP contribution in [0.4, 0.5) is 5.69 Å². The van der Waals surface area contributed by atoms with Gasteiger partial charge >= 0.3 is 0 Å². The van der Waals surface area contributed by atoms with Crippen molar-refractivity contribution in [3.05, 3.63) is 64.7 Å². The zero-order chi connectivity index (χ0) is 13.4. The molecule has 0 bridgehead atoms. The van der Waals surface area contributed by atoms with E-state index in [1.54, 1.807) is 42.5 Å². The van der Waals surface area contributed by atoms with E-state index in [1.807, 2.05) is 0 Å². The first-order valence-electron chi connectivity index (χ1n) is 5.85. The maximum absolute atomic E-state index is 12.5. The van der Waals surface area contributed by atoms with Crippen molar-refractivity contribution in [1.82, 2.24) is 0 Å². The van der Waals surface area contributed by atoms with Crippen molar-refractivity contribution < 1.29 is 9.59 Å². The fourth-order valence-electron chi connectivity index (χ4n) is 2.32. The number of rotatable bonds is 1. The first-order chi connectivity index (χ1) is 9.24. The van der Waals surface area contributed by atoms with Crippen LogP contribution in [0.15, 0.2) is 52.7 Å². The molecule has 0 N–H and O–H groups in total. The van der Waals surface area contributed by atoms with E-state index in [9.17, 15) is 9.59 Å². The van der Waals surface area contributed by atoms with E-state index in [-0.39, 0.29) is 11.6 Å². The summed E-state index contributed by atoms with van der Waals surface area (Å²) in [4.78, 5) is 24.9. The Balaban J connectivity index is 2.33. The minimum absolute atomic E-state index is 0.140. The lowest BCUT2D eigenvalue weighted by Gasteiger charge is -2.17. The standard InChI is InChI=1S/C15H10N2O2/c1-16-17-12-8-4-7-11-13(12)15(19)10-6-3-2-5-9(10)14(11)18/h2-8H,1H3/b17-16-. The van der Waals surface area contributed by atoms with Gasteiger partial charge < -0.3 is 0 Å². The Hall–Kier alpha value is -2.62. The molecule has 0 unspecified atom stereocenters. The minimum Gasteiger partial charge on any atom is -0.289 e. The Kier molecular flexibility index (Phi) is 2.56. The topological polar surface area (TPSA) is 58.9 Å². The Morgan fingerprint density at radius 1 is 0.789 bits per heavy atom. The molecule has 4 nitrogen and oxygen atoms in total. The predicted molar refractivity (Wildman–Crippen MR) is 70.2 cm³/mol. The van der Waals surface area contributed by atoms with Gasteiger partial charge in [-0.1, -0.05) is 36.4 Å². The number of ketones is 2. The molecule has 92 valence electrons. The first kappa shape index (κ1) is 11.5. The van der Waals surface area contributed by atoms with Gasteiger partial charge in [-0.15, -0.1) is 0 Å². The minimum atomic E-state index is -0.173. The fraction of sp³-hybridized carbons (Fsp3) is 0.0667. The number of hydrogen-bond donors (Lipinski definition) is 0. The molecule has 1 aliphatic rings. The lowest BCUT2D eigenvalue weighted by molar-refractivity contribution is 0.0979. The normalized spacial score (nSPS) is 13.5. The van der Waals surface area contributed by atoms with Crippen molar-refractivity contribution in [2.45, 2.75) is 0 Å². The van der Waals surface area contributed by atoms with Crippen molar-refractivity contribution >= 4 is 17.3 Å². The van der Waals surface area contributed by atoms with E-state index >= 15 is 0 Å². The van der Waals surface area contributed by atoms with E-state index < -0.39 is 0 Å². The summed E-state index contributed by atoms with van der Waals surface area (Å²) >= 11 is 0. The van der Waals surface area contributed by atoms with Gasteiger partial charge in [0, 0.05) is 23.7 Å². The van der Waals surface area contributed by atoms with E-state index in [2.05, 4.69) is 10.2 Å². The zero-order valence-corrected chi connectivity index (χ0v) is 10.3. The first-order valence-corrected chi connectivity index (χ1v) is 5.85. The second-order valence-corrected chi connectivity index (χ2v) is 4.20. The molecule has 0 aromatic heterocycles. The van der Waals surface area contributed by atoms with Crippen LogP contribution in [0.3, 0.4) is 0 Å². The fourth-order valence-corrected chi connectivity index (χ4v) is 2.32. The van der Waals surface area contributed by atoms with Crippen molar-refractivity contribution in [3.63, 3.8) is 0 Å². The van der Waals surface area contributed by atoms with Gasteiger partial charge in [-0.2, -0.15) is 10.2 Å². The van der Waals surface area contributed by atoms with Crippen molar-refractivity contribution in [3.8, 4) is 0 Å². The molecule has 0 radical (unpaired) electrons. The number of carbonyl (C=O) groups excluding carboxylic acids is 2. The van der Waals surface area contributed by atoms with Gasteiger partial charge in [0.1, 0.15) is 0 Å². The lowest BCUT2D eigenvalue weighted by Crippen LogP contribution is -2.20. The molecule has 19 heavy (non-hydrogen) atoms.